The Bertz CT molecular complexity index is 66.6. The molecule has 0 aliphatic heterocycles. The fraction of sp³-hybridized carbons (Fsp3) is 0.667. The van der Waals surface area contributed by atoms with Crippen LogP contribution < -0.4 is 11.5 Å². The highest BCUT2D eigenvalue weighted by atomic mass is 16.5. The van der Waals surface area contributed by atoms with Gasteiger partial charge in [0, 0.05) is 7.11 Å². The van der Waals surface area contributed by atoms with Crippen molar-refractivity contribution in [1.29, 1.82) is 0 Å². The molecule has 0 rings (SSSR count). The maximum absolute atomic E-state index is 4.93. The second kappa shape index (κ2) is 3.42. The lowest BCUT2D eigenvalue weighted by Crippen LogP contribution is -2.23. The van der Waals surface area contributed by atoms with Gasteiger partial charge in [-0.25, -0.2) is 4.99 Å². The molecule has 0 amide bonds. The molecular formula is C3H9N3O. The van der Waals surface area contributed by atoms with Gasteiger partial charge in [0.15, 0.2) is 5.96 Å². The number of aliphatic imine (C=N–C) groups is 1. The van der Waals surface area contributed by atoms with Crippen LogP contribution in [0.5, 0.6) is 0 Å². The first kappa shape index (κ1) is 6.23. The highest BCUT2D eigenvalue weighted by Gasteiger charge is 1.73. The minimum atomic E-state index is 0.0573. The first-order chi connectivity index (χ1) is 3.27. The predicted octanol–water partition coefficient (Wildman–Crippen LogP) is -1.14. The van der Waals surface area contributed by atoms with Crippen molar-refractivity contribution in [3.05, 3.63) is 0 Å². The zero-order chi connectivity index (χ0) is 5.70. The highest BCUT2D eigenvalue weighted by Crippen LogP contribution is 1.64. The van der Waals surface area contributed by atoms with Crippen LogP contribution in [-0.4, -0.2) is 19.8 Å². The van der Waals surface area contributed by atoms with Crippen molar-refractivity contribution < 1.29 is 4.74 Å². The molecule has 0 unspecified atom stereocenters. The van der Waals surface area contributed by atoms with Crippen molar-refractivity contribution >= 4 is 5.96 Å². The summed E-state index contributed by atoms with van der Waals surface area (Å²) in [7, 11) is 1.52. The largest absolute Gasteiger partial charge is 0.370 e. The Labute approximate surface area is 42.2 Å². The molecule has 0 fully saturated rings. The van der Waals surface area contributed by atoms with Crippen molar-refractivity contribution in [2.75, 3.05) is 13.8 Å². The van der Waals surface area contributed by atoms with E-state index in [1.54, 1.807) is 0 Å². The van der Waals surface area contributed by atoms with Crippen LogP contribution in [0.1, 0.15) is 0 Å². The molecule has 0 heterocycles. The lowest BCUT2D eigenvalue weighted by molar-refractivity contribution is 0.209. The number of methoxy groups -OCH3 is 1. The van der Waals surface area contributed by atoms with Gasteiger partial charge in [-0.05, 0) is 0 Å². The number of ether oxygens (including phenoxy) is 1. The number of rotatable bonds is 2. The molecule has 42 valence electrons. The Morgan fingerprint density at radius 1 is 1.71 bits per heavy atom. The van der Waals surface area contributed by atoms with E-state index in [2.05, 4.69) is 9.73 Å². The summed E-state index contributed by atoms with van der Waals surface area (Å²) in [5.74, 6) is 0.0573. The standard InChI is InChI=1S/C3H9N3O/c1-7-2-6-3(4)5/h2H2,1H3,(H4,4,5,6). The van der Waals surface area contributed by atoms with Crippen molar-refractivity contribution in [2.45, 2.75) is 0 Å². The molecule has 7 heavy (non-hydrogen) atoms. The third-order valence-electron chi connectivity index (χ3n) is 0.376. The van der Waals surface area contributed by atoms with Gasteiger partial charge in [0.2, 0.25) is 0 Å². The van der Waals surface area contributed by atoms with Crippen molar-refractivity contribution in [1.82, 2.24) is 0 Å². The molecule has 0 atom stereocenters. The minimum absolute atomic E-state index is 0.0573. The molecule has 4 nitrogen and oxygen atoms in total. The van der Waals surface area contributed by atoms with E-state index >= 15 is 0 Å². The van der Waals surface area contributed by atoms with Crippen LogP contribution in [0.15, 0.2) is 4.99 Å². The van der Waals surface area contributed by atoms with E-state index in [0.717, 1.165) is 0 Å². The van der Waals surface area contributed by atoms with Crippen LogP contribution >= 0.6 is 0 Å². The Morgan fingerprint density at radius 3 is 2.43 bits per heavy atom. The van der Waals surface area contributed by atoms with E-state index in [4.69, 9.17) is 11.5 Å². The number of hydrogen-bond donors (Lipinski definition) is 2. The summed E-state index contributed by atoms with van der Waals surface area (Å²) in [4.78, 5) is 3.49. The minimum Gasteiger partial charge on any atom is -0.370 e. The molecule has 0 aromatic rings. The van der Waals surface area contributed by atoms with E-state index in [9.17, 15) is 0 Å². The zero-order valence-electron chi connectivity index (χ0n) is 4.22. The Balaban J connectivity index is 3.08. The summed E-state index contributed by atoms with van der Waals surface area (Å²) in [6, 6.07) is 0. The monoisotopic (exact) mass is 103 g/mol. The topological polar surface area (TPSA) is 73.6 Å². The fourth-order valence-electron chi connectivity index (χ4n) is 0.139. The molecule has 0 saturated carbocycles. The van der Waals surface area contributed by atoms with Gasteiger partial charge in [-0.1, -0.05) is 0 Å². The van der Waals surface area contributed by atoms with E-state index < -0.39 is 0 Å². The molecule has 4 heteroatoms. The van der Waals surface area contributed by atoms with Gasteiger partial charge in [-0.15, -0.1) is 0 Å². The number of hydrogen-bond acceptors (Lipinski definition) is 2. The van der Waals surface area contributed by atoms with E-state index in [-0.39, 0.29) is 12.7 Å². The second-order valence-corrected chi connectivity index (χ2v) is 1.00. The van der Waals surface area contributed by atoms with Gasteiger partial charge in [0.25, 0.3) is 0 Å². The third-order valence-corrected chi connectivity index (χ3v) is 0.376. The molecule has 0 radical (unpaired) electrons. The average Bonchev–Trinajstić information content (AvgIpc) is 1.61. The van der Waals surface area contributed by atoms with E-state index in [0.29, 0.717) is 0 Å². The first-order valence-electron chi connectivity index (χ1n) is 1.81. The smallest absolute Gasteiger partial charge is 0.188 e. The molecule has 0 aliphatic carbocycles. The van der Waals surface area contributed by atoms with Gasteiger partial charge in [0.1, 0.15) is 6.73 Å². The molecule has 0 saturated heterocycles. The lowest BCUT2D eigenvalue weighted by Gasteiger charge is -1.88. The Hall–Kier alpha value is -0.770. The van der Waals surface area contributed by atoms with Crippen LogP contribution in [0.4, 0.5) is 0 Å². The summed E-state index contributed by atoms with van der Waals surface area (Å²) in [5.41, 5.74) is 9.85. The summed E-state index contributed by atoms with van der Waals surface area (Å²) < 4.78 is 4.51. The van der Waals surface area contributed by atoms with E-state index in [1.807, 2.05) is 0 Å². The van der Waals surface area contributed by atoms with Crippen LogP contribution in [0.2, 0.25) is 0 Å². The van der Waals surface area contributed by atoms with Crippen molar-refractivity contribution in [2.24, 2.45) is 16.5 Å². The lowest BCUT2D eigenvalue weighted by atomic mass is 11.0. The number of guanidine groups is 1. The van der Waals surface area contributed by atoms with Crippen molar-refractivity contribution in [3.8, 4) is 0 Å². The molecule has 0 aliphatic rings. The summed E-state index contributed by atoms with van der Waals surface area (Å²) in [6.07, 6.45) is 0. The quantitative estimate of drug-likeness (QED) is 0.343. The maximum Gasteiger partial charge on any atom is 0.188 e. The Kier molecular flexibility index (Phi) is 3.04. The average molecular weight is 103 g/mol. The predicted molar refractivity (Wildman–Crippen MR) is 27.7 cm³/mol. The van der Waals surface area contributed by atoms with Crippen LogP contribution in [0.25, 0.3) is 0 Å². The Morgan fingerprint density at radius 2 is 2.29 bits per heavy atom. The molecule has 0 bridgehead atoms. The van der Waals surface area contributed by atoms with Gasteiger partial charge in [-0.3, -0.25) is 0 Å². The molecule has 0 aromatic heterocycles. The molecular weight excluding hydrogens is 94.1 g/mol. The fourth-order valence-corrected chi connectivity index (χ4v) is 0.139. The van der Waals surface area contributed by atoms with E-state index in [1.165, 1.54) is 7.11 Å². The third kappa shape index (κ3) is 5.23. The first-order valence-corrected chi connectivity index (χ1v) is 1.81. The maximum atomic E-state index is 4.93. The van der Waals surface area contributed by atoms with Gasteiger partial charge in [0.05, 0.1) is 0 Å². The van der Waals surface area contributed by atoms with Crippen LogP contribution in [0, 0.1) is 0 Å². The second-order valence-electron chi connectivity index (χ2n) is 1.00. The van der Waals surface area contributed by atoms with Crippen LogP contribution in [-0.2, 0) is 4.74 Å². The number of nitrogens with two attached hydrogens (primary N) is 2. The van der Waals surface area contributed by atoms with Gasteiger partial charge >= 0.3 is 0 Å². The number of nitrogens with zero attached hydrogens (tertiary/aromatic N) is 1. The summed E-state index contributed by atoms with van der Waals surface area (Å²) >= 11 is 0. The van der Waals surface area contributed by atoms with Crippen LogP contribution in [0.3, 0.4) is 0 Å². The van der Waals surface area contributed by atoms with Crippen molar-refractivity contribution in [3.63, 3.8) is 0 Å². The summed E-state index contributed by atoms with van der Waals surface area (Å²) in [5, 5.41) is 0. The normalized spacial score (nSPS) is 8.14. The summed E-state index contributed by atoms with van der Waals surface area (Å²) in [6.45, 7) is 0.238. The van der Waals surface area contributed by atoms with Gasteiger partial charge in [-0.2, -0.15) is 0 Å². The molecule has 0 spiro atoms. The molecule has 0 aromatic carbocycles. The SMILES string of the molecule is COCN=C(N)N. The molecule has 4 N–H and O–H groups in total. The highest BCUT2D eigenvalue weighted by molar-refractivity contribution is 5.75. The van der Waals surface area contributed by atoms with Gasteiger partial charge < -0.3 is 16.2 Å². The zero-order valence-corrected chi connectivity index (χ0v) is 4.22.